The van der Waals surface area contributed by atoms with E-state index in [-0.39, 0.29) is 19.8 Å². The second kappa shape index (κ2) is 13.7. The van der Waals surface area contributed by atoms with Gasteiger partial charge in [0, 0.05) is 27.9 Å². The fourth-order valence-electron chi connectivity index (χ4n) is 4.40. The number of carbonyl (C=O) groups is 3. The standard InChI is InChI=1S/C27H33O10P/c1-18(28)35-24-23(17-33-15-21-11-7-5-8-12-21)38(31,32-4)27(37-20(3)30)26(36-19(2)29)25(24)34-16-22-13-9-6-10-14-22/h5-14,23-27H,15-17H2,1-4H3/t23-,24+,25-,26+,27+,38-/m0/s1. The van der Waals surface area contributed by atoms with Crippen molar-refractivity contribution >= 4 is 25.3 Å². The van der Waals surface area contributed by atoms with Crippen LogP contribution in [0.15, 0.2) is 60.7 Å². The number of esters is 3. The Morgan fingerprint density at radius 2 is 1.21 bits per heavy atom. The average molecular weight is 549 g/mol. The van der Waals surface area contributed by atoms with Crippen molar-refractivity contribution in [1.29, 1.82) is 0 Å². The third-order valence-electron chi connectivity index (χ3n) is 5.99. The fourth-order valence-corrected chi connectivity index (χ4v) is 7.14. The van der Waals surface area contributed by atoms with Gasteiger partial charge in [0.1, 0.15) is 17.9 Å². The van der Waals surface area contributed by atoms with E-state index in [1.807, 2.05) is 60.7 Å². The first-order valence-electron chi connectivity index (χ1n) is 12.1. The molecule has 0 radical (unpaired) electrons. The van der Waals surface area contributed by atoms with Gasteiger partial charge in [-0.1, -0.05) is 60.7 Å². The van der Waals surface area contributed by atoms with E-state index in [4.69, 9.17) is 28.2 Å². The van der Waals surface area contributed by atoms with Crippen LogP contribution in [-0.4, -0.2) is 61.4 Å². The summed E-state index contributed by atoms with van der Waals surface area (Å²) in [5.74, 6) is -3.69. The van der Waals surface area contributed by atoms with Crippen molar-refractivity contribution in [2.24, 2.45) is 0 Å². The van der Waals surface area contributed by atoms with Crippen LogP contribution < -0.4 is 0 Å². The minimum absolute atomic E-state index is 0.0443. The molecule has 38 heavy (non-hydrogen) atoms. The van der Waals surface area contributed by atoms with Crippen molar-refractivity contribution in [3.05, 3.63) is 71.8 Å². The van der Waals surface area contributed by atoms with Crippen LogP contribution in [0.4, 0.5) is 0 Å². The lowest BCUT2D eigenvalue weighted by Crippen LogP contribution is -2.61. The van der Waals surface area contributed by atoms with Crippen molar-refractivity contribution in [3.8, 4) is 0 Å². The number of hydrogen-bond acceptors (Lipinski definition) is 10. The molecule has 3 rings (SSSR count). The Bertz CT molecular complexity index is 1120. The lowest BCUT2D eigenvalue weighted by Gasteiger charge is -2.47. The molecule has 0 aliphatic carbocycles. The number of hydrogen-bond donors (Lipinski definition) is 0. The van der Waals surface area contributed by atoms with Crippen LogP contribution in [-0.2, 0) is 60.4 Å². The molecule has 11 heteroatoms. The van der Waals surface area contributed by atoms with Gasteiger partial charge >= 0.3 is 17.9 Å². The predicted octanol–water partition coefficient (Wildman–Crippen LogP) is 3.85. The molecule has 0 amide bonds. The van der Waals surface area contributed by atoms with Crippen LogP contribution in [0.5, 0.6) is 0 Å². The van der Waals surface area contributed by atoms with Crippen molar-refractivity contribution in [1.82, 2.24) is 0 Å². The maximum Gasteiger partial charge on any atom is 0.303 e. The molecule has 0 N–H and O–H groups in total. The van der Waals surface area contributed by atoms with Gasteiger partial charge in [0.05, 0.1) is 19.8 Å². The molecular formula is C27H33O10P. The van der Waals surface area contributed by atoms with E-state index in [0.717, 1.165) is 25.0 Å². The Hall–Kier alpha value is -3.04. The lowest BCUT2D eigenvalue weighted by molar-refractivity contribution is -0.196. The molecule has 1 heterocycles. The first kappa shape index (κ1) is 29.5. The third kappa shape index (κ3) is 7.51. The molecule has 0 unspecified atom stereocenters. The first-order chi connectivity index (χ1) is 18.2. The molecule has 2 aromatic rings. The molecule has 6 atom stereocenters. The number of benzene rings is 2. The predicted molar refractivity (Wildman–Crippen MR) is 136 cm³/mol. The maximum atomic E-state index is 14.4. The summed E-state index contributed by atoms with van der Waals surface area (Å²) in [6.07, 6.45) is -3.76. The van der Waals surface area contributed by atoms with E-state index in [2.05, 4.69) is 0 Å². The van der Waals surface area contributed by atoms with Gasteiger partial charge in [0.2, 0.25) is 5.85 Å². The van der Waals surface area contributed by atoms with Crippen molar-refractivity contribution in [3.63, 3.8) is 0 Å². The van der Waals surface area contributed by atoms with E-state index < -0.39 is 55.1 Å². The van der Waals surface area contributed by atoms with Crippen LogP contribution >= 0.6 is 7.37 Å². The zero-order valence-corrected chi connectivity index (χ0v) is 22.7. The summed E-state index contributed by atoms with van der Waals surface area (Å²) in [4.78, 5) is 36.4. The quantitative estimate of drug-likeness (QED) is 0.232. The van der Waals surface area contributed by atoms with Gasteiger partial charge in [-0.2, -0.15) is 0 Å². The van der Waals surface area contributed by atoms with E-state index >= 15 is 0 Å². The molecule has 0 bridgehead atoms. The largest absolute Gasteiger partial charge is 0.459 e. The second-order valence-corrected chi connectivity index (χ2v) is 11.6. The summed E-state index contributed by atoms with van der Waals surface area (Å²) in [5.41, 5.74) is 0.555. The summed E-state index contributed by atoms with van der Waals surface area (Å²) in [6, 6.07) is 18.5. The van der Waals surface area contributed by atoms with Gasteiger partial charge in [-0.25, -0.2) is 0 Å². The summed E-state index contributed by atoms with van der Waals surface area (Å²) < 4.78 is 48.6. The Labute approximate surface area is 221 Å². The highest BCUT2D eigenvalue weighted by molar-refractivity contribution is 7.60. The summed E-state index contributed by atoms with van der Waals surface area (Å²) in [5, 5.41) is 0. The normalized spacial score (nSPS) is 26.8. The van der Waals surface area contributed by atoms with Crippen LogP contribution in [0.3, 0.4) is 0 Å². The zero-order chi connectivity index (χ0) is 27.7. The monoisotopic (exact) mass is 548 g/mol. The summed E-state index contributed by atoms with van der Waals surface area (Å²) in [6.45, 7) is 3.54. The SMILES string of the molecule is CO[P@@]1(=O)[C@@H](COCc2ccccc2)[C@@H](OC(C)=O)[C@H](OCc2ccccc2)[C@@H](OC(C)=O)[C@@H]1OC(C)=O. The fraction of sp³-hybridized carbons (Fsp3) is 0.444. The Morgan fingerprint density at radius 1 is 0.711 bits per heavy atom. The third-order valence-corrected chi connectivity index (χ3v) is 9.03. The van der Waals surface area contributed by atoms with Gasteiger partial charge in [-0.05, 0) is 11.1 Å². The van der Waals surface area contributed by atoms with E-state index in [0.29, 0.717) is 0 Å². The molecular weight excluding hydrogens is 515 g/mol. The van der Waals surface area contributed by atoms with E-state index in [1.165, 1.54) is 14.0 Å². The van der Waals surface area contributed by atoms with Gasteiger partial charge in [-0.15, -0.1) is 0 Å². The molecule has 206 valence electrons. The van der Waals surface area contributed by atoms with E-state index in [1.54, 1.807) is 0 Å². The summed E-state index contributed by atoms with van der Waals surface area (Å²) in [7, 11) is -2.85. The molecule has 0 spiro atoms. The minimum Gasteiger partial charge on any atom is -0.459 e. The number of ether oxygens (including phenoxy) is 5. The Kier molecular flexibility index (Phi) is 10.6. The molecule has 1 aliphatic rings. The zero-order valence-electron chi connectivity index (χ0n) is 21.8. The van der Waals surface area contributed by atoms with Crippen molar-refractivity contribution in [2.75, 3.05) is 13.7 Å². The second-order valence-electron chi connectivity index (χ2n) is 8.81. The van der Waals surface area contributed by atoms with Crippen LogP contribution in [0, 0.1) is 0 Å². The lowest BCUT2D eigenvalue weighted by atomic mass is 10.0. The van der Waals surface area contributed by atoms with Crippen molar-refractivity contribution in [2.45, 2.75) is 63.8 Å². The Morgan fingerprint density at radius 3 is 1.71 bits per heavy atom. The van der Waals surface area contributed by atoms with Gasteiger partial charge in [0.15, 0.2) is 6.10 Å². The molecule has 0 aromatic heterocycles. The van der Waals surface area contributed by atoms with E-state index in [9.17, 15) is 18.9 Å². The summed E-state index contributed by atoms with van der Waals surface area (Å²) >= 11 is 0. The highest BCUT2D eigenvalue weighted by Crippen LogP contribution is 2.63. The molecule has 0 saturated carbocycles. The number of rotatable bonds is 11. The molecule has 1 fully saturated rings. The van der Waals surface area contributed by atoms with Crippen LogP contribution in [0.1, 0.15) is 31.9 Å². The van der Waals surface area contributed by atoms with Crippen LogP contribution in [0.2, 0.25) is 0 Å². The minimum atomic E-state index is -4.05. The van der Waals surface area contributed by atoms with Crippen LogP contribution in [0.25, 0.3) is 0 Å². The van der Waals surface area contributed by atoms with Crippen molar-refractivity contribution < 1.29 is 47.2 Å². The smallest absolute Gasteiger partial charge is 0.303 e. The van der Waals surface area contributed by atoms with Gasteiger partial charge in [-0.3, -0.25) is 18.9 Å². The van der Waals surface area contributed by atoms with Gasteiger partial charge < -0.3 is 28.2 Å². The molecule has 2 aromatic carbocycles. The maximum absolute atomic E-state index is 14.4. The molecule has 1 saturated heterocycles. The Balaban J connectivity index is 2.03. The highest BCUT2D eigenvalue weighted by Gasteiger charge is 2.63. The molecule has 10 nitrogen and oxygen atoms in total. The average Bonchev–Trinajstić information content (AvgIpc) is 2.88. The number of carbonyl (C=O) groups excluding carboxylic acids is 3. The topological polar surface area (TPSA) is 124 Å². The molecule has 1 aliphatic heterocycles. The van der Waals surface area contributed by atoms with Gasteiger partial charge in [0.25, 0.3) is 7.37 Å². The first-order valence-corrected chi connectivity index (χ1v) is 13.9. The highest BCUT2D eigenvalue weighted by atomic mass is 31.2.